The number of nitrogens with one attached hydrogen (secondary N) is 2. The Morgan fingerprint density at radius 1 is 1.00 bits per heavy atom. The van der Waals surface area contributed by atoms with Crippen LogP contribution in [0.1, 0.15) is 10.5 Å². The minimum absolute atomic E-state index is 0.110. The number of hydrogen-bond donors (Lipinski definition) is 2. The second-order valence-corrected chi connectivity index (χ2v) is 5.58. The summed E-state index contributed by atoms with van der Waals surface area (Å²) < 4.78 is 26.5. The number of rotatable bonds is 4. The molecular weight excluding hydrogens is 348 g/mol. The summed E-state index contributed by atoms with van der Waals surface area (Å²) in [6.45, 7) is 0. The highest BCUT2D eigenvalue weighted by molar-refractivity contribution is 6.30. The Morgan fingerprint density at radius 2 is 1.84 bits per heavy atom. The fourth-order valence-corrected chi connectivity index (χ4v) is 2.30. The van der Waals surface area contributed by atoms with E-state index >= 15 is 0 Å². The maximum absolute atomic E-state index is 13.6. The lowest BCUT2D eigenvalue weighted by Crippen LogP contribution is -2.13. The molecule has 0 aliphatic rings. The summed E-state index contributed by atoms with van der Waals surface area (Å²) in [7, 11) is 0. The standard InChI is InChI=1S/C18H12ClF2N3O/c19-11-2-1-3-13(8-11)24-18(25)17-7-5-14(10-22-17)23-16-6-4-12(20)9-15(16)21/h1-10,23H,(H,24,25). The van der Waals surface area contributed by atoms with E-state index < -0.39 is 17.5 Å². The molecule has 4 nitrogen and oxygen atoms in total. The summed E-state index contributed by atoms with van der Waals surface area (Å²) in [6, 6.07) is 13.0. The van der Waals surface area contributed by atoms with E-state index in [4.69, 9.17) is 11.6 Å². The van der Waals surface area contributed by atoms with Crippen molar-refractivity contribution in [1.82, 2.24) is 4.98 Å². The minimum Gasteiger partial charge on any atom is -0.352 e. The molecule has 1 amide bonds. The van der Waals surface area contributed by atoms with Crippen molar-refractivity contribution >= 4 is 34.6 Å². The number of benzene rings is 2. The zero-order valence-corrected chi connectivity index (χ0v) is 13.5. The summed E-state index contributed by atoms with van der Waals surface area (Å²) >= 11 is 5.87. The molecule has 0 saturated carbocycles. The fourth-order valence-electron chi connectivity index (χ4n) is 2.11. The number of carbonyl (C=O) groups excluding carboxylic acids is 1. The second-order valence-electron chi connectivity index (χ2n) is 5.15. The summed E-state index contributed by atoms with van der Waals surface area (Å²) in [5.74, 6) is -1.78. The van der Waals surface area contributed by atoms with Crippen LogP contribution in [0.4, 0.5) is 25.8 Å². The van der Waals surface area contributed by atoms with Crippen molar-refractivity contribution in [3.63, 3.8) is 0 Å². The molecule has 0 bridgehead atoms. The summed E-state index contributed by atoms with van der Waals surface area (Å²) in [5.41, 5.74) is 1.31. The maximum atomic E-state index is 13.6. The number of amides is 1. The second kappa shape index (κ2) is 7.27. The van der Waals surface area contributed by atoms with E-state index in [-0.39, 0.29) is 11.4 Å². The van der Waals surface area contributed by atoms with E-state index in [0.29, 0.717) is 16.4 Å². The van der Waals surface area contributed by atoms with Crippen LogP contribution in [-0.4, -0.2) is 10.9 Å². The molecule has 0 unspecified atom stereocenters. The number of halogens is 3. The van der Waals surface area contributed by atoms with Gasteiger partial charge in [-0.2, -0.15) is 0 Å². The van der Waals surface area contributed by atoms with Crippen LogP contribution >= 0.6 is 11.6 Å². The summed E-state index contributed by atoms with van der Waals surface area (Å²) in [6.07, 6.45) is 1.38. The van der Waals surface area contributed by atoms with Gasteiger partial charge in [0.15, 0.2) is 0 Å². The molecule has 1 aromatic heterocycles. The Labute approximate surface area is 147 Å². The van der Waals surface area contributed by atoms with Gasteiger partial charge in [0.25, 0.3) is 5.91 Å². The molecular formula is C18H12ClF2N3O. The minimum atomic E-state index is -0.720. The smallest absolute Gasteiger partial charge is 0.274 e. The molecule has 0 radical (unpaired) electrons. The summed E-state index contributed by atoms with van der Waals surface area (Å²) in [5, 5.41) is 5.95. The van der Waals surface area contributed by atoms with Crippen LogP contribution < -0.4 is 10.6 Å². The lowest BCUT2D eigenvalue weighted by Gasteiger charge is -2.08. The van der Waals surface area contributed by atoms with E-state index in [2.05, 4.69) is 15.6 Å². The monoisotopic (exact) mass is 359 g/mol. The van der Waals surface area contributed by atoms with Crippen LogP contribution in [0, 0.1) is 11.6 Å². The third-order valence-corrected chi connectivity index (χ3v) is 3.52. The Balaban J connectivity index is 1.70. The Hall–Kier alpha value is -2.99. The first-order valence-electron chi connectivity index (χ1n) is 7.26. The van der Waals surface area contributed by atoms with E-state index in [1.807, 2.05) is 0 Å². The molecule has 3 aromatic rings. The summed E-state index contributed by atoms with van der Waals surface area (Å²) in [4.78, 5) is 16.2. The van der Waals surface area contributed by atoms with Gasteiger partial charge in [0.1, 0.15) is 17.3 Å². The van der Waals surface area contributed by atoms with Crippen LogP contribution in [0.2, 0.25) is 5.02 Å². The van der Waals surface area contributed by atoms with Crippen LogP contribution in [0.3, 0.4) is 0 Å². The molecule has 0 spiro atoms. The van der Waals surface area contributed by atoms with Gasteiger partial charge in [-0.05, 0) is 42.5 Å². The average molecular weight is 360 g/mol. The molecule has 126 valence electrons. The van der Waals surface area contributed by atoms with Gasteiger partial charge in [-0.3, -0.25) is 4.79 Å². The van der Waals surface area contributed by atoms with Crippen LogP contribution in [-0.2, 0) is 0 Å². The van der Waals surface area contributed by atoms with Gasteiger partial charge in [-0.15, -0.1) is 0 Å². The van der Waals surface area contributed by atoms with Gasteiger partial charge in [0.05, 0.1) is 17.6 Å². The van der Waals surface area contributed by atoms with Crippen molar-refractivity contribution in [3.05, 3.63) is 83.1 Å². The largest absolute Gasteiger partial charge is 0.352 e. The quantitative estimate of drug-likeness (QED) is 0.688. The van der Waals surface area contributed by atoms with Crippen molar-refractivity contribution in [2.24, 2.45) is 0 Å². The number of hydrogen-bond acceptors (Lipinski definition) is 3. The lowest BCUT2D eigenvalue weighted by atomic mass is 10.2. The maximum Gasteiger partial charge on any atom is 0.274 e. The normalized spacial score (nSPS) is 10.4. The first kappa shape index (κ1) is 16.9. The van der Waals surface area contributed by atoms with Crippen molar-refractivity contribution < 1.29 is 13.6 Å². The Kier molecular flexibility index (Phi) is 4.90. The molecule has 0 atom stereocenters. The predicted octanol–water partition coefficient (Wildman–Crippen LogP) is 5.01. The highest BCUT2D eigenvalue weighted by Gasteiger charge is 2.09. The van der Waals surface area contributed by atoms with Crippen molar-refractivity contribution in [2.45, 2.75) is 0 Å². The van der Waals surface area contributed by atoms with Crippen molar-refractivity contribution in [2.75, 3.05) is 10.6 Å². The molecule has 7 heteroatoms. The third kappa shape index (κ3) is 4.30. The number of nitrogens with zero attached hydrogens (tertiary/aromatic N) is 1. The van der Waals surface area contributed by atoms with E-state index in [9.17, 15) is 13.6 Å². The zero-order chi connectivity index (χ0) is 17.8. The number of anilines is 3. The van der Waals surface area contributed by atoms with Crippen molar-refractivity contribution in [3.8, 4) is 0 Å². The van der Waals surface area contributed by atoms with Crippen molar-refractivity contribution in [1.29, 1.82) is 0 Å². The van der Waals surface area contributed by atoms with Crippen LogP contribution in [0.5, 0.6) is 0 Å². The Morgan fingerprint density at radius 3 is 2.52 bits per heavy atom. The van der Waals surface area contributed by atoms with Gasteiger partial charge in [-0.25, -0.2) is 13.8 Å². The van der Waals surface area contributed by atoms with E-state index in [1.165, 1.54) is 18.3 Å². The van der Waals surface area contributed by atoms with Gasteiger partial charge in [0, 0.05) is 16.8 Å². The number of carbonyl (C=O) groups is 1. The molecule has 25 heavy (non-hydrogen) atoms. The van der Waals surface area contributed by atoms with E-state index in [1.54, 1.807) is 30.3 Å². The van der Waals surface area contributed by atoms with Gasteiger partial charge < -0.3 is 10.6 Å². The fraction of sp³-hybridized carbons (Fsp3) is 0. The topological polar surface area (TPSA) is 54.0 Å². The van der Waals surface area contributed by atoms with Gasteiger partial charge in [0.2, 0.25) is 0 Å². The van der Waals surface area contributed by atoms with Gasteiger partial charge >= 0.3 is 0 Å². The average Bonchev–Trinajstić information content (AvgIpc) is 2.58. The SMILES string of the molecule is O=C(Nc1cccc(Cl)c1)c1ccc(Nc2ccc(F)cc2F)cn1. The van der Waals surface area contributed by atoms with Gasteiger partial charge in [-0.1, -0.05) is 17.7 Å². The molecule has 0 saturated heterocycles. The molecule has 2 aromatic carbocycles. The first-order valence-corrected chi connectivity index (χ1v) is 7.64. The third-order valence-electron chi connectivity index (χ3n) is 3.29. The van der Waals surface area contributed by atoms with E-state index in [0.717, 1.165) is 12.1 Å². The van der Waals surface area contributed by atoms with Crippen LogP contribution in [0.25, 0.3) is 0 Å². The first-order chi connectivity index (χ1) is 12.0. The molecule has 3 rings (SSSR count). The molecule has 2 N–H and O–H groups in total. The zero-order valence-electron chi connectivity index (χ0n) is 12.8. The molecule has 0 aliphatic carbocycles. The number of pyridine rings is 1. The molecule has 0 fully saturated rings. The predicted molar refractivity (Wildman–Crippen MR) is 93.3 cm³/mol. The van der Waals surface area contributed by atoms with Crippen LogP contribution in [0.15, 0.2) is 60.8 Å². The Bertz CT molecular complexity index is 916. The molecule has 0 aliphatic heterocycles. The highest BCUT2D eigenvalue weighted by Crippen LogP contribution is 2.21. The number of aromatic nitrogens is 1. The highest BCUT2D eigenvalue weighted by atomic mass is 35.5. The lowest BCUT2D eigenvalue weighted by molar-refractivity contribution is 0.102. The molecule has 1 heterocycles.